The number of methoxy groups -OCH3 is 1. The van der Waals surface area contributed by atoms with E-state index in [0.717, 1.165) is 16.3 Å². The molecule has 0 unspecified atom stereocenters. The zero-order chi connectivity index (χ0) is 29.0. The maximum absolute atomic E-state index is 13.0. The minimum atomic E-state index is -5.08. The summed E-state index contributed by atoms with van der Waals surface area (Å²) in [6.07, 6.45) is -4.69. The molecule has 0 saturated carbocycles. The fourth-order valence-corrected chi connectivity index (χ4v) is 5.03. The molecule has 1 amide bonds. The number of ether oxygens (including phenoxy) is 1. The molecular formula is C25H25F3N4O6S. The van der Waals surface area contributed by atoms with Crippen molar-refractivity contribution in [3.05, 3.63) is 71.8 Å². The van der Waals surface area contributed by atoms with E-state index in [9.17, 15) is 26.4 Å². The molecule has 3 aromatic carbocycles. The molecule has 1 aliphatic heterocycles. The highest BCUT2D eigenvalue weighted by Gasteiger charge is 2.38. The van der Waals surface area contributed by atoms with Gasteiger partial charge in [-0.05, 0) is 47.0 Å². The maximum Gasteiger partial charge on any atom is 0.490 e. The second kappa shape index (κ2) is 11.7. The predicted octanol–water partition coefficient (Wildman–Crippen LogP) is 2.85. The number of nitrogens with two attached hydrogens (primary N) is 1. The first kappa shape index (κ1) is 29.4. The number of carboxylic acids is 1. The van der Waals surface area contributed by atoms with Crippen molar-refractivity contribution in [1.29, 1.82) is 5.41 Å². The second-order valence-electron chi connectivity index (χ2n) is 8.51. The average molecular weight is 567 g/mol. The van der Waals surface area contributed by atoms with Gasteiger partial charge < -0.3 is 20.5 Å². The van der Waals surface area contributed by atoms with Gasteiger partial charge >= 0.3 is 12.1 Å². The fraction of sp³-hybridized carbons (Fsp3) is 0.240. The van der Waals surface area contributed by atoms with Crippen molar-refractivity contribution in [3.63, 3.8) is 0 Å². The first-order valence-electron chi connectivity index (χ1n) is 11.3. The van der Waals surface area contributed by atoms with Gasteiger partial charge in [0.1, 0.15) is 17.6 Å². The number of nitrogens with zero attached hydrogens (tertiary/aromatic N) is 1. The third-order valence-corrected chi connectivity index (χ3v) is 7.27. The molecule has 1 saturated heterocycles. The number of amidine groups is 1. The Morgan fingerprint density at radius 2 is 1.74 bits per heavy atom. The monoisotopic (exact) mass is 566 g/mol. The zero-order valence-corrected chi connectivity index (χ0v) is 21.3. The Balaban J connectivity index is 0.000000532. The van der Waals surface area contributed by atoms with E-state index in [4.69, 9.17) is 25.8 Å². The predicted molar refractivity (Wildman–Crippen MR) is 136 cm³/mol. The molecule has 5 N–H and O–H groups in total. The van der Waals surface area contributed by atoms with Gasteiger partial charge in [0.05, 0.1) is 12.0 Å². The van der Waals surface area contributed by atoms with E-state index in [1.165, 1.54) is 6.07 Å². The van der Waals surface area contributed by atoms with Gasteiger partial charge in [0, 0.05) is 18.7 Å². The molecule has 10 nitrogen and oxygen atoms in total. The molecular weight excluding hydrogens is 541 g/mol. The fourth-order valence-electron chi connectivity index (χ4n) is 3.77. The molecule has 208 valence electrons. The van der Waals surface area contributed by atoms with Crippen molar-refractivity contribution in [2.24, 2.45) is 5.73 Å². The smallest absolute Gasteiger partial charge is 0.490 e. The van der Waals surface area contributed by atoms with Crippen LogP contribution in [0.4, 0.5) is 13.2 Å². The first-order chi connectivity index (χ1) is 18.2. The number of fused-ring (bicyclic) bond motifs is 1. The zero-order valence-electron chi connectivity index (χ0n) is 20.5. The summed E-state index contributed by atoms with van der Waals surface area (Å²) < 4.78 is 65.4. The van der Waals surface area contributed by atoms with Gasteiger partial charge in [0.2, 0.25) is 15.9 Å². The van der Waals surface area contributed by atoms with Crippen LogP contribution < -0.4 is 15.2 Å². The van der Waals surface area contributed by atoms with Crippen molar-refractivity contribution in [2.75, 3.05) is 13.7 Å². The Bertz CT molecular complexity index is 1490. The van der Waals surface area contributed by atoms with Crippen LogP contribution in [0.5, 0.6) is 5.75 Å². The molecule has 4 rings (SSSR count). The maximum atomic E-state index is 13.0. The number of halogens is 3. The van der Waals surface area contributed by atoms with E-state index in [-0.39, 0.29) is 16.6 Å². The van der Waals surface area contributed by atoms with E-state index in [1.54, 1.807) is 42.3 Å². The van der Waals surface area contributed by atoms with Gasteiger partial charge in [0.15, 0.2) is 0 Å². The highest BCUT2D eigenvalue weighted by Crippen LogP contribution is 2.25. The minimum Gasteiger partial charge on any atom is -0.497 e. The van der Waals surface area contributed by atoms with E-state index in [0.29, 0.717) is 30.8 Å². The lowest BCUT2D eigenvalue weighted by molar-refractivity contribution is -0.192. The summed E-state index contributed by atoms with van der Waals surface area (Å²) in [5.74, 6) is -2.40. The van der Waals surface area contributed by atoms with Gasteiger partial charge in [0.25, 0.3) is 0 Å². The average Bonchev–Trinajstić information content (AvgIpc) is 3.21. The first-order valence-corrected chi connectivity index (χ1v) is 12.8. The number of carboxylic acid groups (broad SMARTS) is 1. The van der Waals surface area contributed by atoms with Gasteiger partial charge in [-0.25, -0.2) is 13.2 Å². The molecule has 14 heteroatoms. The quantitative estimate of drug-likeness (QED) is 0.252. The van der Waals surface area contributed by atoms with Crippen LogP contribution >= 0.6 is 0 Å². The molecule has 3 aromatic rings. The van der Waals surface area contributed by atoms with Crippen molar-refractivity contribution in [2.45, 2.75) is 30.1 Å². The SMILES string of the molecule is COc1ccc2ccc(S(=O)(=O)N[C@H]3CCN(Cc4ccc(C(=N)N)cc4)C3=O)cc2c1.O=C(O)C(F)(F)F. The van der Waals surface area contributed by atoms with Crippen LogP contribution in [-0.2, 0) is 26.2 Å². The van der Waals surface area contributed by atoms with Crippen LogP contribution in [-0.4, -0.2) is 62.0 Å². The van der Waals surface area contributed by atoms with Gasteiger partial charge in [-0.3, -0.25) is 10.2 Å². The van der Waals surface area contributed by atoms with Crippen LogP contribution in [0.1, 0.15) is 17.5 Å². The summed E-state index contributed by atoms with van der Waals surface area (Å²) in [7, 11) is -2.32. The molecule has 1 atom stereocenters. The minimum absolute atomic E-state index is 0.0181. The Kier molecular flexibility index (Phi) is 8.81. The standard InChI is InChI=1S/C23H24N4O4S.C2HF3O2/c1-31-19-8-6-16-7-9-20(13-18(16)12-19)32(29,30)26-21-10-11-27(23(21)28)14-15-2-4-17(5-3-15)22(24)25;3-2(4,5)1(6)7/h2-9,12-13,21,26H,10-11,14H2,1H3,(H3,24,25);(H,6,7)/t21-;/m0./s1. The summed E-state index contributed by atoms with van der Waals surface area (Å²) in [5.41, 5.74) is 6.96. The molecule has 0 spiro atoms. The van der Waals surface area contributed by atoms with Crippen LogP contribution in [0.25, 0.3) is 10.8 Å². The largest absolute Gasteiger partial charge is 0.497 e. The number of carbonyl (C=O) groups is 2. The van der Waals surface area contributed by atoms with Gasteiger partial charge in [-0.2, -0.15) is 17.9 Å². The number of alkyl halides is 3. The number of benzene rings is 3. The molecule has 0 radical (unpaired) electrons. The Morgan fingerprint density at radius 3 is 2.31 bits per heavy atom. The number of amides is 1. The lowest BCUT2D eigenvalue weighted by atomic mass is 10.1. The number of nitrogen functional groups attached to an aromatic ring is 1. The second-order valence-corrected chi connectivity index (χ2v) is 10.2. The van der Waals surface area contributed by atoms with Crippen molar-refractivity contribution in [1.82, 2.24) is 9.62 Å². The van der Waals surface area contributed by atoms with E-state index >= 15 is 0 Å². The number of likely N-dealkylation sites (tertiary alicyclic amines) is 1. The number of sulfonamides is 1. The highest BCUT2D eigenvalue weighted by atomic mass is 32.2. The van der Waals surface area contributed by atoms with E-state index in [1.807, 2.05) is 24.3 Å². The number of rotatable bonds is 7. The Morgan fingerprint density at radius 1 is 1.13 bits per heavy atom. The summed E-state index contributed by atoms with van der Waals surface area (Å²) in [5, 5.41) is 16.2. The molecule has 39 heavy (non-hydrogen) atoms. The Hall–Kier alpha value is -4.17. The molecule has 0 aromatic heterocycles. The van der Waals surface area contributed by atoms with Crippen molar-refractivity contribution in [3.8, 4) is 5.75 Å². The third kappa shape index (κ3) is 7.45. The van der Waals surface area contributed by atoms with Crippen molar-refractivity contribution >= 4 is 38.5 Å². The van der Waals surface area contributed by atoms with Gasteiger partial charge in [-0.1, -0.05) is 36.4 Å². The molecule has 0 bridgehead atoms. The Labute approximate surface area is 221 Å². The summed E-state index contributed by atoms with van der Waals surface area (Å²) in [6.45, 7) is 0.820. The van der Waals surface area contributed by atoms with Crippen molar-refractivity contribution < 1.29 is 41.0 Å². The summed E-state index contributed by atoms with van der Waals surface area (Å²) >= 11 is 0. The topological polar surface area (TPSA) is 163 Å². The molecule has 1 aliphatic rings. The normalized spacial score (nSPS) is 15.5. The van der Waals surface area contributed by atoms with Crippen LogP contribution in [0.15, 0.2) is 65.6 Å². The number of aliphatic carboxylic acids is 1. The van der Waals surface area contributed by atoms with E-state index in [2.05, 4.69) is 4.72 Å². The molecule has 0 aliphatic carbocycles. The number of nitrogens with one attached hydrogen (secondary N) is 2. The van der Waals surface area contributed by atoms with Gasteiger partial charge in [-0.15, -0.1) is 0 Å². The lowest BCUT2D eigenvalue weighted by Gasteiger charge is -2.17. The number of hydrogen-bond donors (Lipinski definition) is 4. The lowest BCUT2D eigenvalue weighted by Crippen LogP contribution is -2.41. The van der Waals surface area contributed by atoms with E-state index < -0.39 is 28.2 Å². The third-order valence-electron chi connectivity index (χ3n) is 5.80. The molecule has 1 fully saturated rings. The van der Waals surface area contributed by atoms with Crippen LogP contribution in [0.3, 0.4) is 0 Å². The highest BCUT2D eigenvalue weighted by molar-refractivity contribution is 7.89. The number of hydrogen-bond acceptors (Lipinski definition) is 6. The number of carbonyl (C=O) groups excluding carboxylic acids is 1. The summed E-state index contributed by atoms with van der Waals surface area (Å²) in [4.78, 5) is 23.4. The summed E-state index contributed by atoms with van der Waals surface area (Å²) in [6, 6.07) is 16.6. The van der Waals surface area contributed by atoms with Crippen LogP contribution in [0, 0.1) is 5.41 Å². The molecule has 1 heterocycles. The van der Waals surface area contributed by atoms with Crippen LogP contribution in [0.2, 0.25) is 0 Å².